The van der Waals surface area contributed by atoms with Crippen LogP contribution in [-0.4, -0.2) is 42.5 Å². The summed E-state index contributed by atoms with van der Waals surface area (Å²) in [6.07, 6.45) is 2.58. The quantitative estimate of drug-likeness (QED) is 0.619. The lowest BCUT2D eigenvalue weighted by atomic mass is 10.1. The molecule has 1 saturated heterocycles. The summed E-state index contributed by atoms with van der Waals surface area (Å²) in [6, 6.07) is 16.9. The fourth-order valence-electron chi connectivity index (χ4n) is 3.27. The first-order valence-electron chi connectivity index (χ1n) is 9.85. The first-order chi connectivity index (χ1) is 13.7. The van der Waals surface area contributed by atoms with Gasteiger partial charge in [-0.15, -0.1) is 0 Å². The smallest absolute Gasteiger partial charge is 0.260 e. The molecule has 1 heterocycles. The van der Waals surface area contributed by atoms with E-state index in [9.17, 15) is 9.59 Å². The molecular weight excluding hydrogens is 354 g/mol. The van der Waals surface area contributed by atoms with Crippen LogP contribution < -0.4 is 4.74 Å². The van der Waals surface area contributed by atoms with Crippen LogP contribution in [-0.2, 0) is 16.1 Å². The Hall–Kier alpha value is -2.66. The van der Waals surface area contributed by atoms with E-state index in [1.54, 1.807) is 29.2 Å². The zero-order valence-corrected chi connectivity index (χ0v) is 16.3. The van der Waals surface area contributed by atoms with E-state index >= 15 is 0 Å². The average Bonchev–Trinajstić information content (AvgIpc) is 3.25. The summed E-state index contributed by atoms with van der Waals surface area (Å²) >= 11 is 0. The number of nitrogens with zero attached hydrogens (tertiary/aromatic N) is 1. The van der Waals surface area contributed by atoms with Gasteiger partial charge in [0.2, 0.25) is 0 Å². The lowest BCUT2D eigenvalue weighted by Crippen LogP contribution is -2.39. The Labute approximate surface area is 166 Å². The number of ketones is 1. The van der Waals surface area contributed by atoms with E-state index in [-0.39, 0.29) is 24.4 Å². The topological polar surface area (TPSA) is 55.8 Å². The third-order valence-corrected chi connectivity index (χ3v) is 4.88. The highest BCUT2D eigenvalue weighted by Gasteiger charge is 2.23. The standard InChI is InChI=1S/C23H27NO4/c1-2-22(25)19-10-12-20(13-11-19)28-17-23(26)24(16-21-9-6-14-27-21)15-18-7-4-3-5-8-18/h3-5,7-8,10-13,21H,2,6,9,14-17H2,1H3. The van der Waals surface area contributed by atoms with Gasteiger partial charge in [0.15, 0.2) is 12.4 Å². The summed E-state index contributed by atoms with van der Waals surface area (Å²) in [6.45, 7) is 3.66. The number of carbonyl (C=O) groups excluding carboxylic acids is 2. The van der Waals surface area contributed by atoms with Gasteiger partial charge in [-0.2, -0.15) is 0 Å². The molecule has 2 aromatic carbocycles. The molecule has 1 aliphatic heterocycles. The SMILES string of the molecule is CCC(=O)c1ccc(OCC(=O)N(Cc2ccccc2)CC2CCCO2)cc1. The molecular formula is C23H27NO4. The second-order valence-corrected chi connectivity index (χ2v) is 6.98. The molecule has 148 valence electrons. The molecule has 1 amide bonds. The summed E-state index contributed by atoms with van der Waals surface area (Å²) in [5.41, 5.74) is 1.74. The Morgan fingerprint density at radius 1 is 1.11 bits per heavy atom. The number of hydrogen-bond donors (Lipinski definition) is 0. The van der Waals surface area contributed by atoms with Crippen LogP contribution in [0.25, 0.3) is 0 Å². The molecule has 5 nitrogen and oxygen atoms in total. The van der Waals surface area contributed by atoms with E-state index < -0.39 is 0 Å². The largest absolute Gasteiger partial charge is 0.484 e. The van der Waals surface area contributed by atoms with Gasteiger partial charge < -0.3 is 14.4 Å². The average molecular weight is 381 g/mol. The highest BCUT2D eigenvalue weighted by atomic mass is 16.5. The number of amides is 1. The molecule has 0 radical (unpaired) electrons. The van der Waals surface area contributed by atoms with Gasteiger partial charge in [0.05, 0.1) is 6.10 Å². The predicted molar refractivity (Wildman–Crippen MR) is 107 cm³/mol. The number of benzene rings is 2. The van der Waals surface area contributed by atoms with Crippen molar-refractivity contribution in [3.05, 3.63) is 65.7 Å². The molecule has 5 heteroatoms. The molecule has 0 N–H and O–H groups in total. The highest BCUT2D eigenvalue weighted by molar-refractivity contribution is 5.95. The van der Waals surface area contributed by atoms with E-state index in [0.29, 0.717) is 30.8 Å². The van der Waals surface area contributed by atoms with Crippen molar-refractivity contribution >= 4 is 11.7 Å². The maximum atomic E-state index is 12.8. The zero-order chi connectivity index (χ0) is 19.8. The second kappa shape index (κ2) is 10.0. The Morgan fingerprint density at radius 3 is 2.50 bits per heavy atom. The van der Waals surface area contributed by atoms with E-state index in [4.69, 9.17) is 9.47 Å². The number of rotatable bonds is 9. The molecule has 1 aliphatic rings. The number of hydrogen-bond acceptors (Lipinski definition) is 4. The van der Waals surface area contributed by atoms with Crippen LogP contribution in [0.2, 0.25) is 0 Å². The van der Waals surface area contributed by atoms with Crippen LogP contribution in [0.4, 0.5) is 0 Å². The normalized spacial score (nSPS) is 16.0. The summed E-state index contributed by atoms with van der Waals surface area (Å²) in [4.78, 5) is 26.3. The first kappa shape index (κ1) is 20.1. The summed E-state index contributed by atoms with van der Waals surface area (Å²) in [5, 5.41) is 0. The van der Waals surface area contributed by atoms with Crippen molar-refractivity contribution < 1.29 is 19.1 Å². The number of ether oxygens (including phenoxy) is 2. The van der Waals surface area contributed by atoms with E-state index in [1.807, 2.05) is 37.3 Å². The van der Waals surface area contributed by atoms with Crippen LogP contribution >= 0.6 is 0 Å². The number of Topliss-reactive ketones (excluding diaryl/α,β-unsaturated/α-hetero) is 1. The van der Waals surface area contributed by atoms with Gasteiger partial charge in [-0.05, 0) is 42.7 Å². The maximum Gasteiger partial charge on any atom is 0.260 e. The summed E-state index contributed by atoms with van der Waals surface area (Å²) in [5.74, 6) is 0.596. The lowest BCUT2D eigenvalue weighted by molar-refractivity contribution is -0.135. The highest BCUT2D eigenvalue weighted by Crippen LogP contribution is 2.17. The molecule has 28 heavy (non-hydrogen) atoms. The minimum Gasteiger partial charge on any atom is -0.484 e. The van der Waals surface area contributed by atoms with Crippen molar-refractivity contribution in [1.82, 2.24) is 4.90 Å². The summed E-state index contributed by atoms with van der Waals surface area (Å²) < 4.78 is 11.4. The lowest BCUT2D eigenvalue weighted by Gasteiger charge is -2.25. The Bertz CT molecular complexity index is 767. The molecule has 0 aromatic heterocycles. The van der Waals surface area contributed by atoms with Gasteiger partial charge >= 0.3 is 0 Å². The molecule has 1 atom stereocenters. The second-order valence-electron chi connectivity index (χ2n) is 6.98. The van der Waals surface area contributed by atoms with Gasteiger partial charge in [-0.3, -0.25) is 9.59 Å². The molecule has 2 aromatic rings. The van der Waals surface area contributed by atoms with E-state index in [1.165, 1.54) is 0 Å². The molecule has 0 spiro atoms. The van der Waals surface area contributed by atoms with Crippen molar-refractivity contribution in [2.75, 3.05) is 19.8 Å². The van der Waals surface area contributed by atoms with Crippen molar-refractivity contribution in [1.29, 1.82) is 0 Å². The van der Waals surface area contributed by atoms with Crippen LogP contribution in [0.3, 0.4) is 0 Å². The van der Waals surface area contributed by atoms with Gasteiger partial charge in [-0.25, -0.2) is 0 Å². The van der Waals surface area contributed by atoms with Crippen molar-refractivity contribution in [3.8, 4) is 5.75 Å². The van der Waals surface area contributed by atoms with Gasteiger partial charge in [0.1, 0.15) is 5.75 Å². The molecule has 0 bridgehead atoms. The van der Waals surface area contributed by atoms with E-state index in [2.05, 4.69) is 0 Å². The summed E-state index contributed by atoms with van der Waals surface area (Å²) in [7, 11) is 0. The maximum absolute atomic E-state index is 12.8. The Morgan fingerprint density at radius 2 is 1.86 bits per heavy atom. The monoisotopic (exact) mass is 381 g/mol. The fraction of sp³-hybridized carbons (Fsp3) is 0.391. The van der Waals surface area contributed by atoms with Crippen LogP contribution in [0.5, 0.6) is 5.75 Å². The fourth-order valence-corrected chi connectivity index (χ4v) is 3.27. The first-order valence-corrected chi connectivity index (χ1v) is 9.85. The van der Waals surface area contributed by atoms with Crippen LogP contribution in [0, 0.1) is 0 Å². The van der Waals surface area contributed by atoms with Gasteiger partial charge in [0, 0.05) is 31.7 Å². The van der Waals surface area contributed by atoms with Gasteiger partial charge in [0.25, 0.3) is 5.91 Å². The Balaban J connectivity index is 1.60. The number of carbonyl (C=O) groups is 2. The third-order valence-electron chi connectivity index (χ3n) is 4.88. The van der Waals surface area contributed by atoms with Crippen molar-refractivity contribution in [2.24, 2.45) is 0 Å². The van der Waals surface area contributed by atoms with Crippen LogP contribution in [0.1, 0.15) is 42.1 Å². The van der Waals surface area contributed by atoms with Gasteiger partial charge in [-0.1, -0.05) is 37.3 Å². The minimum atomic E-state index is -0.0759. The van der Waals surface area contributed by atoms with E-state index in [0.717, 1.165) is 25.0 Å². The van der Waals surface area contributed by atoms with Crippen LogP contribution in [0.15, 0.2) is 54.6 Å². The van der Waals surface area contributed by atoms with Crippen molar-refractivity contribution in [3.63, 3.8) is 0 Å². The molecule has 3 rings (SSSR count). The third kappa shape index (κ3) is 5.67. The van der Waals surface area contributed by atoms with Crippen molar-refractivity contribution in [2.45, 2.75) is 38.8 Å². The molecule has 0 saturated carbocycles. The molecule has 0 aliphatic carbocycles. The zero-order valence-electron chi connectivity index (χ0n) is 16.3. The Kier molecular flexibility index (Phi) is 7.20. The minimum absolute atomic E-state index is 0.0410. The predicted octanol–water partition coefficient (Wildman–Crippen LogP) is 3.87. The molecule has 1 unspecified atom stereocenters. The molecule has 1 fully saturated rings.